The van der Waals surface area contributed by atoms with Crippen molar-refractivity contribution in [2.75, 3.05) is 12.8 Å². The number of rotatable bonds is 4. The van der Waals surface area contributed by atoms with Crippen LogP contribution in [0, 0.1) is 6.92 Å². The second-order valence-electron chi connectivity index (χ2n) is 4.82. The summed E-state index contributed by atoms with van der Waals surface area (Å²) in [6, 6.07) is 6.00. The molecule has 2 N–H and O–H groups in total. The Morgan fingerprint density at radius 2 is 2.16 bits per heavy atom. The zero-order valence-corrected chi connectivity index (χ0v) is 11.9. The van der Waals surface area contributed by atoms with Crippen molar-refractivity contribution in [3.8, 4) is 16.9 Å². The molecule has 0 aliphatic heterocycles. The summed E-state index contributed by atoms with van der Waals surface area (Å²) in [5.74, 6) is 1.42. The van der Waals surface area contributed by atoms with Crippen molar-refractivity contribution >= 4 is 5.88 Å². The molecule has 1 atom stereocenters. The van der Waals surface area contributed by atoms with Crippen molar-refractivity contribution < 1.29 is 9.26 Å². The molecule has 102 valence electrons. The van der Waals surface area contributed by atoms with Gasteiger partial charge in [-0.15, -0.1) is 0 Å². The predicted molar refractivity (Wildman–Crippen MR) is 76.3 cm³/mol. The number of nitrogens with two attached hydrogens (primary N) is 1. The Morgan fingerprint density at radius 3 is 2.79 bits per heavy atom. The van der Waals surface area contributed by atoms with Gasteiger partial charge in [0, 0.05) is 11.5 Å². The van der Waals surface area contributed by atoms with Crippen LogP contribution in [0.5, 0.6) is 5.75 Å². The van der Waals surface area contributed by atoms with Gasteiger partial charge in [0.2, 0.25) is 5.88 Å². The van der Waals surface area contributed by atoms with Gasteiger partial charge in [0.25, 0.3) is 0 Å². The maximum atomic E-state index is 5.95. The van der Waals surface area contributed by atoms with Gasteiger partial charge in [0.15, 0.2) is 0 Å². The molecule has 0 fully saturated rings. The highest BCUT2D eigenvalue weighted by molar-refractivity contribution is 5.80. The van der Waals surface area contributed by atoms with Crippen molar-refractivity contribution in [2.24, 2.45) is 0 Å². The molecule has 0 spiro atoms. The first-order chi connectivity index (χ1) is 9.08. The topological polar surface area (TPSA) is 61.3 Å². The first-order valence-corrected chi connectivity index (χ1v) is 6.48. The Hall–Kier alpha value is -1.97. The van der Waals surface area contributed by atoms with Crippen LogP contribution in [0.15, 0.2) is 22.7 Å². The van der Waals surface area contributed by atoms with Crippen molar-refractivity contribution in [3.63, 3.8) is 0 Å². The summed E-state index contributed by atoms with van der Waals surface area (Å²) in [5, 5.41) is 4.11. The average molecular weight is 260 g/mol. The molecule has 0 saturated carbocycles. The number of benzene rings is 1. The first-order valence-electron chi connectivity index (χ1n) is 6.48. The van der Waals surface area contributed by atoms with Crippen LogP contribution in [0.3, 0.4) is 0 Å². The molecule has 0 bridgehead atoms. The van der Waals surface area contributed by atoms with Gasteiger partial charge in [0.05, 0.1) is 18.4 Å². The van der Waals surface area contributed by atoms with Crippen molar-refractivity contribution in [3.05, 3.63) is 29.5 Å². The molecule has 2 aromatic rings. The zero-order valence-electron chi connectivity index (χ0n) is 11.9. The second kappa shape index (κ2) is 5.34. The third kappa shape index (κ3) is 2.43. The molecular formula is C15H20N2O2. The van der Waals surface area contributed by atoms with E-state index in [1.165, 1.54) is 0 Å². The number of nitrogen functional groups attached to an aromatic ring is 1. The lowest BCUT2D eigenvalue weighted by Gasteiger charge is -2.12. The van der Waals surface area contributed by atoms with E-state index in [1.807, 2.05) is 25.1 Å². The van der Waals surface area contributed by atoms with E-state index in [-0.39, 0.29) is 0 Å². The van der Waals surface area contributed by atoms with E-state index < -0.39 is 0 Å². The molecule has 0 radical (unpaired) electrons. The standard InChI is InChI=1S/C15H20N2O2/c1-5-10(3)14-13(15(16)19-17-14)11-8-9(2)6-7-12(11)18-4/h6-8,10H,5,16H2,1-4H3. The summed E-state index contributed by atoms with van der Waals surface area (Å²) in [6.07, 6.45) is 0.979. The maximum absolute atomic E-state index is 5.95. The Morgan fingerprint density at radius 1 is 1.42 bits per heavy atom. The molecule has 1 aromatic heterocycles. The smallest absolute Gasteiger partial charge is 0.230 e. The fourth-order valence-corrected chi connectivity index (χ4v) is 2.13. The second-order valence-corrected chi connectivity index (χ2v) is 4.82. The maximum Gasteiger partial charge on any atom is 0.230 e. The summed E-state index contributed by atoms with van der Waals surface area (Å²) >= 11 is 0. The van der Waals surface area contributed by atoms with Gasteiger partial charge in [-0.3, -0.25) is 0 Å². The third-order valence-corrected chi connectivity index (χ3v) is 3.45. The van der Waals surface area contributed by atoms with E-state index in [9.17, 15) is 0 Å². The lowest BCUT2D eigenvalue weighted by molar-refractivity contribution is 0.416. The summed E-state index contributed by atoms with van der Waals surface area (Å²) in [6.45, 7) is 6.27. The van der Waals surface area contributed by atoms with Crippen LogP contribution in [0.2, 0.25) is 0 Å². The lowest BCUT2D eigenvalue weighted by Crippen LogP contribution is -1.98. The number of hydrogen-bond acceptors (Lipinski definition) is 4. The number of anilines is 1. The molecule has 19 heavy (non-hydrogen) atoms. The number of hydrogen-bond donors (Lipinski definition) is 1. The van der Waals surface area contributed by atoms with Crippen LogP contribution in [-0.4, -0.2) is 12.3 Å². The van der Waals surface area contributed by atoms with Crippen molar-refractivity contribution in [2.45, 2.75) is 33.1 Å². The SMILES string of the molecule is CCC(C)c1noc(N)c1-c1cc(C)ccc1OC. The minimum Gasteiger partial charge on any atom is -0.496 e. The van der Waals surface area contributed by atoms with Gasteiger partial charge in [-0.1, -0.05) is 30.6 Å². The highest BCUT2D eigenvalue weighted by Gasteiger charge is 2.22. The van der Waals surface area contributed by atoms with Crippen molar-refractivity contribution in [1.29, 1.82) is 0 Å². The number of aryl methyl sites for hydroxylation is 1. The van der Waals surface area contributed by atoms with Crippen LogP contribution in [0.25, 0.3) is 11.1 Å². The quantitative estimate of drug-likeness (QED) is 0.909. The minimum atomic E-state index is 0.293. The summed E-state index contributed by atoms with van der Waals surface area (Å²) in [7, 11) is 1.65. The highest BCUT2D eigenvalue weighted by Crippen LogP contribution is 2.40. The molecule has 0 amide bonds. The molecule has 1 unspecified atom stereocenters. The van der Waals surface area contributed by atoms with E-state index in [1.54, 1.807) is 7.11 Å². The molecule has 2 rings (SSSR count). The van der Waals surface area contributed by atoms with Gasteiger partial charge in [-0.25, -0.2) is 0 Å². The highest BCUT2D eigenvalue weighted by atomic mass is 16.5. The minimum absolute atomic E-state index is 0.293. The van der Waals surface area contributed by atoms with Gasteiger partial charge in [0.1, 0.15) is 5.75 Å². The van der Waals surface area contributed by atoms with Crippen LogP contribution in [0.4, 0.5) is 5.88 Å². The molecule has 0 saturated heterocycles. The summed E-state index contributed by atoms with van der Waals surface area (Å²) in [5.41, 5.74) is 9.79. The van der Waals surface area contributed by atoms with Gasteiger partial charge in [-0.05, 0) is 25.5 Å². The number of aromatic nitrogens is 1. The molecule has 4 nitrogen and oxygen atoms in total. The largest absolute Gasteiger partial charge is 0.496 e. The zero-order chi connectivity index (χ0) is 14.0. The average Bonchev–Trinajstić information content (AvgIpc) is 2.79. The molecule has 1 aromatic carbocycles. The van der Waals surface area contributed by atoms with Gasteiger partial charge >= 0.3 is 0 Å². The molecule has 0 aliphatic carbocycles. The number of methoxy groups -OCH3 is 1. The molecule has 1 heterocycles. The van der Waals surface area contributed by atoms with Crippen molar-refractivity contribution in [1.82, 2.24) is 5.16 Å². The number of ether oxygens (including phenoxy) is 1. The first kappa shape index (κ1) is 13.5. The van der Waals surface area contributed by atoms with Gasteiger partial charge in [-0.2, -0.15) is 0 Å². The van der Waals surface area contributed by atoms with E-state index in [4.69, 9.17) is 15.0 Å². The number of nitrogens with zero attached hydrogens (tertiary/aromatic N) is 1. The fourth-order valence-electron chi connectivity index (χ4n) is 2.13. The molecular weight excluding hydrogens is 240 g/mol. The molecule has 4 heteroatoms. The normalized spacial score (nSPS) is 12.4. The van der Waals surface area contributed by atoms with E-state index in [0.717, 1.165) is 34.6 Å². The monoisotopic (exact) mass is 260 g/mol. The summed E-state index contributed by atoms with van der Waals surface area (Å²) in [4.78, 5) is 0. The van der Waals surface area contributed by atoms with Crippen LogP contribution in [-0.2, 0) is 0 Å². The predicted octanol–water partition coefficient (Wildman–Crippen LogP) is 3.75. The van der Waals surface area contributed by atoms with E-state index in [0.29, 0.717) is 11.8 Å². The Bertz CT molecular complexity index is 576. The third-order valence-electron chi connectivity index (χ3n) is 3.45. The van der Waals surface area contributed by atoms with E-state index in [2.05, 4.69) is 19.0 Å². The Balaban J connectivity index is 2.64. The molecule has 0 aliphatic rings. The summed E-state index contributed by atoms with van der Waals surface area (Å²) < 4.78 is 10.6. The van der Waals surface area contributed by atoms with Crippen LogP contribution < -0.4 is 10.5 Å². The van der Waals surface area contributed by atoms with Crippen LogP contribution >= 0.6 is 0 Å². The van der Waals surface area contributed by atoms with Gasteiger partial charge < -0.3 is 15.0 Å². The Kier molecular flexibility index (Phi) is 3.79. The Labute approximate surface area is 113 Å². The lowest BCUT2D eigenvalue weighted by atomic mass is 9.95. The van der Waals surface area contributed by atoms with Crippen LogP contribution in [0.1, 0.15) is 37.4 Å². The fraction of sp³-hybridized carbons (Fsp3) is 0.400. The van der Waals surface area contributed by atoms with E-state index >= 15 is 0 Å².